The average molecular weight is 313 g/mol. The Hall–Kier alpha value is -2.33. The summed E-state index contributed by atoms with van der Waals surface area (Å²) in [7, 11) is 0. The van der Waals surface area contributed by atoms with Gasteiger partial charge in [-0.3, -0.25) is 5.32 Å². The maximum Gasteiger partial charge on any atom is 0.412 e. The lowest BCUT2D eigenvalue weighted by atomic mass is 9.98. The Balaban J connectivity index is 2.29. The van der Waals surface area contributed by atoms with Crippen molar-refractivity contribution in [2.24, 2.45) is 0 Å². The summed E-state index contributed by atoms with van der Waals surface area (Å²) in [4.78, 5) is 12.0. The van der Waals surface area contributed by atoms with Crippen LogP contribution in [-0.2, 0) is 4.74 Å². The second kappa shape index (κ2) is 6.84. The van der Waals surface area contributed by atoms with Crippen molar-refractivity contribution in [3.63, 3.8) is 0 Å². The van der Waals surface area contributed by atoms with Crippen molar-refractivity contribution in [3.8, 4) is 0 Å². The van der Waals surface area contributed by atoms with Gasteiger partial charge in [0.2, 0.25) is 0 Å². The minimum absolute atomic E-state index is 0.539. The molecule has 0 saturated heterocycles. The standard InChI is InChI=1S/C19H23NO3/c1-13-10-11-16(20-18(22)23-19(2,3)4)15(12-13)17(21)14-8-6-5-7-9-14/h5-12,17,21H,1-4H3,(H,20,22). The third-order valence-electron chi connectivity index (χ3n) is 3.25. The minimum atomic E-state index is -0.818. The minimum Gasteiger partial charge on any atom is -0.444 e. The maximum atomic E-state index is 12.0. The summed E-state index contributed by atoms with van der Waals surface area (Å²) < 4.78 is 5.28. The third kappa shape index (κ3) is 4.83. The molecule has 122 valence electrons. The molecule has 0 aliphatic rings. The van der Waals surface area contributed by atoms with Gasteiger partial charge in [0.05, 0.1) is 5.69 Å². The molecular formula is C19H23NO3. The van der Waals surface area contributed by atoms with E-state index in [4.69, 9.17) is 4.74 Å². The Labute approximate surface area is 137 Å². The molecule has 0 aliphatic heterocycles. The van der Waals surface area contributed by atoms with Crippen molar-refractivity contribution in [2.75, 3.05) is 5.32 Å². The van der Waals surface area contributed by atoms with Gasteiger partial charge in [0.1, 0.15) is 11.7 Å². The highest BCUT2D eigenvalue weighted by Crippen LogP contribution is 2.29. The molecule has 4 nitrogen and oxygen atoms in total. The highest BCUT2D eigenvalue weighted by molar-refractivity contribution is 5.86. The van der Waals surface area contributed by atoms with Crippen LogP contribution >= 0.6 is 0 Å². The number of carbonyl (C=O) groups excluding carboxylic acids is 1. The van der Waals surface area contributed by atoms with E-state index in [0.29, 0.717) is 11.3 Å². The topological polar surface area (TPSA) is 58.6 Å². The number of nitrogens with one attached hydrogen (secondary N) is 1. The van der Waals surface area contributed by atoms with Gasteiger partial charge in [0.15, 0.2) is 0 Å². The number of ether oxygens (including phenoxy) is 1. The molecule has 0 bridgehead atoms. The first-order valence-electron chi connectivity index (χ1n) is 7.60. The normalized spacial score (nSPS) is 12.6. The van der Waals surface area contributed by atoms with E-state index >= 15 is 0 Å². The fourth-order valence-electron chi connectivity index (χ4n) is 2.25. The molecule has 2 N–H and O–H groups in total. The first-order valence-corrected chi connectivity index (χ1v) is 7.60. The zero-order valence-electron chi connectivity index (χ0n) is 14.0. The summed E-state index contributed by atoms with van der Waals surface area (Å²) in [6.45, 7) is 7.36. The van der Waals surface area contributed by atoms with Crippen molar-refractivity contribution in [1.82, 2.24) is 0 Å². The van der Waals surface area contributed by atoms with E-state index in [1.54, 1.807) is 26.8 Å². The lowest BCUT2D eigenvalue weighted by Crippen LogP contribution is -2.27. The molecule has 0 heterocycles. The van der Waals surface area contributed by atoms with Crippen molar-refractivity contribution in [2.45, 2.75) is 39.4 Å². The van der Waals surface area contributed by atoms with Crippen LogP contribution in [0.1, 0.15) is 43.6 Å². The number of hydrogen-bond acceptors (Lipinski definition) is 3. The van der Waals surface area contributed by atoms with E-state index in [1.165, 1.54) is 0 Å². The van der Waals surface area contributed by atoms with Gasteiger partial charge >= 0.3 is 6.09 Å². The first kappa shape index (κ1) is 17.0. The molecule has 0 aliphatic carbocycles. The van der Waals surface area contributed by atoms with E-state index in [-0.39, 0.29) is 0 Å². The Kier molecular flexibility index (Phi) is 5.06. The number of aliphatic hydroxyl groups is 1. The van der Waals surface area contributed by atoms with Gasteiger partial charge in [-0.2, -0.15) is 0 Å². The van der Waals surface area contributed by atoms with Gasteiger partial charge in [-0.25, -0.2) is 4.79 Å². The summed E-state index contributed by atoms with van der Waals surface area (Å²) in [5.41, 5.74) is 2.38. The number of anilines is 1. The van der Waals surface area contributed by atoms with E-state index in [0.717, 1.165) is 11.1 Å². The lowest BCUT2D eigenvalue weighted by Gasteiger charge is -2.22. The fraction of sp³-hybridized carbons (Fsp3) is 0.316. The van der Waals surface area contributed by atoms with Crippen LogP contribution in [0.25, 0.3) is 0 Å². The van der Waals surface area contributed by atoms with Gasteiger partial charge in [0, 0.05) is 5.56 Å². The molecule has 23 heavy (non-hydrogen) atoms. The van der Waals surface area contributed by atoms with E-state index in [2.05, 4.69) is 5.32 Å². The molecule has 1 atom stereocenters. The molecule has 0 spiro atoms. The zero-order chi connectivity index (χ0) is 17.0. The smallest absolute Gasteiger partial charge is 0.412 e. The summed E-state index contributed by atoms with van der Waals surface area (Å²) in [5.74, 6) is 0. The predicted molar refractivity (Wildman–Crippen MR) is 91.5 cm³/mol. The maximum absolute atomic E-state index is 12.0. The number of benzene rings is 2. The SMILES string of the molecule is Cc1ccc(NC(=O)OC(C)(C)C)c(C(O)c2ccccc2)c1. The second-order valence-corrected chi connectivity index (χ2v) is 6.53. The number of aryl methyl sites for hydroxylation is 1. The largest absolute Gasteiger partial charge is 0.444 e. The van der Waals surface area contributed by atoms with E-state index in [1.807, 2.05) is 49.4 Å². The van der Waals surface area contributed by atoms with Crippen LogP contribution in [0, 0.1) is 6.92 Å². The van der Waals surface area contributed by atoms with Crippen LogP contribution in [0.2, 0.25) is 0 Å². The molecular weight excluding hydrogens is 290 g/mol. The van der Waals surface area contributed by atoms with Crippen molar-refractivity contribution < 1.29 is 14.6 Å². The predicted octanol–water partition coefficient (Wildman–Crippen LogP) is 4.42. The van der Waals surface area contributed by atoms with Crippen LogP contribution in [0.4, 0.5) is 10.5 Å². The first-order chi connectivity index (χ1) is 10.8. The number of amides is 1. The summed E-state index contributed by atoms with van der Waals surface area (Å²) in [6.07, 6.45) is -1.36. The molecule has 2 aromatic carbocycles. The van der Waals surface area contributed by atoms with Crippen LogP contribution in [0.5, 0.6) is 0 Å². The average Bonchev–Trinajstić information content (AvgIpc) is 2.47. The Bertz CT molecular complexity index is 675. The zero-order valence-corrected chi connectivity index (χ0v) is 14.0. The quantitative estimate of drug-likeness (QED) is 0.881. The number of carbonyl (C=O) groups is 1. The van der Waals surface area contributed by atoms with Gasteiger partial charge in [-0.05, 0) is 39.3 Å². The van der Waals surface area contributed by atoms with Gasteiger partial charge in [-0.15, -0.1) is 0 Å². The number of hydrogen-bond donors (Lipinski definition) is 2. The lowest BCUT2D eigenvalue weighted by molar-refractivity contribution is 0.0635. The summed E-state index contributed by atoms with van der Waals surface area (Å²) in [6, 6.07) is 14.9. The molecule has 2 aromatic rings. The van der Waals surface area contributed by atoms with E-state index in [9.17, 15) is 9.90 Å². The number of aliphatic hydroxyl groups excluding tert-OH is 1. The van der Waals surface area contributed by atoms with Crippen molar-refractivity contribution >= 4 is 11.8 Å². The van der Waals surface area contributed by atoms with Crippen molar-refractivity contribution in [1.29, 1.82) is 0 Å². The molecule has 0 radical (unpaired) electrons. The second-order valence-electron chi connectivity index (χ2n) is 6.53. The van der Waals surface area contributed by atoms with Crippen LogP contribution in [-0.4, -0.2) is 16.8 Å². The highest BCUT2D eigenvalue weighted by atomic mass is 16.6. The van der Waals surface area contributed by atoms with Crippen LogP contribution in [0.3, 0.4) is 0 Å². The Morgan fingerprint density at radius 3 is 2.39 bits per heavy atom. The van der Waals surface area contributed by atoms with Crippen LogP contribution in [0.15, 0.2) is 48.5 Å². The van der Waals surface area contributed by atoms with Gasteiger partial charge in [0.25, 0.3) is 0 Å². The monoisotopic (exact) mass is 313 g/mol. The third-order valence-corrected chi connectivity index (χ3v) is 3.25. The molecule has 0 aromatic heterocycles. The van der Waals surface area contributed by atoms with Crippen LogP contribution < -0.4 is 5.32 Å². The van der Waals surface area contributed by atoms with E-state index < -0.39 is 17.8 Å². The van der Waals surface area contributed by atoms with Crippen molar-refractivity contribution in [3.05, 3.63) is 65.2 Å². The van der Waals surface area contributed by atoms with Gasteiger partial charge in [-0.1, -0.05) is 48.0 Å². The molecule has 0 fully saturated rings. The summed E-state index contributed by atoms with van der Waals surface area (Å²) >= 11 is 0. The number of rotatable bonds is 3. The molecule has 1 unspecified atom stereocenters. The molecule has 0 saturated carbocycles. The Morgan fingerprint density at radius 2 is 1.78 bits per heavy atom. The molecule has 2 rings (SSSR count). The summed E-state index contributed by atoms with van der Waals surface area (Å²) in [5, 5.41) is 13.4. The highest BCUT2D eigenvalue weighted by Gasteiger charge is 2.20. The fourth-order valence-corrected chi connectivity index (χ4v) is 2.25. The molecule has 1 amide bonds. The Morgan fingerprint density at radius 1 is 1.13 bits per heavy atom. The molecule has 4 heteroatoms. The van der Waals surface area contributed by atoms with Gasteiger partial charge < -0.3 is 9.84 Å².